The van der Waals surface area contributed by atoms with Crippen LogP contribution in [0.1, 0.15) is 16.7 Å². The molecule has 0 saturated carbocycles. The molecule has 0 fully saturated rings. The minimum absolute atomic E-state index is 0.00351. The van der Waals surface area contributed by atoms with Gasteiger partial charge in [-0.2, -0.15) is 34.8 Å². The zero-order chi connectivity index (χ0) is 35.6. The molecule has 0 bridgehead atoms. The summed E-state index contributed by atoms with van der Waals surface area (Å²) in [7, 11) is -9.46. The second kappa shape index (κ2) is 14.3. The predicted octanol–water partition coefficient (Wildman–Crippen LogP) is 7.68. The molecule has 4 aromatic carbocycles. The lowest BCUT2D eigenvalue weighted by Gasteiger charge is -2.38. The van der Waals surface area contributed by atoms with Gasteiger partial charge in [0, 0.05) is 10.4 Å². The van der Waals surface area contributed by atoms with Crippen LogP contribution >= 0.6 is 15.9 Å². The highest BCUT2D eigenvalue weighted by molar-refractivity contribution is 9.10. The highest BCUT2D eigenvalue weighted by Gasteiger charge is 2.40. The van der Waals surface area contributed by atoms with Gasteiger partial charge in [-0.1, -0.05) is 58.4 Å². The van der Waals surface area contributed by atoms with Crippen molar-refractivity contribution in [1.82, 2.24) is 0 Å². The van der Waals surface area contributed by atoms with Gasteiger partial charge >= 0.3 is 12.4 Å². The van der Waals surface area contributed by atoms with Gasteiger partial charge in [0.2, 0.25) is 0 Å². The number of ether oxygens (including phenoxy) is 2. The standard InChI is InChI=1S/C32H26BrF6NO7S2/c33-25-12-13-29-28(16-25)40(48(41,42)26-10-4-8-23(14-26)31(34,35)36)17-30(47-29)22(19-45-18-21-6-2-1-3-7-21)20-46-49(43,44)27-11-5-9-24(15-27)32(37,38)39/h1-16,22,30H,17-20H2/t22-,30-/m1/s1. The molecule has 5 rings (SSSR count). The molecule has 2 atom stereocenters. The molecule has 262 valence electrons. The molecule has 4 aromatic rings. The molecular formula is C32H26BrF6NO7S2. The first kappa shape index (κ1) is 36.6. The fourth-order valence-corrected chi connectivity index (χ4v) is 7.80. The largest absolute Gasteiger partial charge is 0.486 e. The number of fused-ring (bicyclic) bond motifs is 1. The summed E-state index contributed by atoms with van der Waals surface area (Å²) < 4.78 is 153. The van der Waals surface area contributed by atoms with Crippen molar-refractivity contribution >= 4 is 41.8 Å². The van der Waals surface area contributed by atoms with E-state index < -0.39 is 78.6 Å². The van der Waals surface area contributed by atoms with Gasteiger partial charge in [-0.05, 0) is 60.2 Å². The number of halogens is 7. The molecule has 0 N–H and O–H groups in total. The van der Waals surface area contributed by atoms with E-state index in [4.69, 9.17) is 13.7 Å². The van der Waals surface area contributed by atoms with Gasteiger partial charge in [0.15, 0.2) is 0 Å². The van der Waals surface area contributed by atoms with Crippen molar-refractivity contribution in [2.24, 2.45) is 5.92 Å². The summed E-state index contributed by atoms with van der Waals surface area (Å²) >= 11 is 3.26. The van der Waals surface area contributed by atoms with Crippen LogP contribution in [0, 0.1) is 5.92 Å². The number of nitrogens with zero attached hydrogens (tertiary/aromatic N) is 1. The van der Waals surface area contributed by atoms with Crippen LogP contribution in [0.5, 0.6) is 5.75 Å². The van der Waals surface area contributed by atoms with Gasteiger partial charge in [-0.15, -0.1) is 0 Å². The van der Waals surface area contributed by atoms with Gasteiger partial charge in [-0.3, -0.25) is 8.49 Å². The average Bonchev–Trinajstić information content (AvgIpc) is 3.05. The van der Waals surface area contributed by atoms with E-state index in [1.807, 2.05) is 0 Å². The number of rotatable bonds is 11. The quantitative estimate of drug-likeness (QED) is 0.114. The second-order valence-corrected chi connectivity index (χ2v) is 15.2. The first-order valence-electron chi connectivity index (χ1n) is 14.3. The Kier molecular flexibility index (Phi) is 10.7. The van der Waals surface area contributed by atoms with Crippen LogP contribution in [0.25, 0.3) is 0 Å². The first-order chi connectivity index (χ1) is 22.9. The Labute approximate surface area is 286 Å². The molecule has 1 heterocycles. The summed E-state index contributed by atoms with van der Waals surface area (Å²) in [5.41, 5.74) is -1.67. The molecule has 0 unspecified atom stereocenters. The summed E-state index contributed by atoms with van der Waals surface area (Å²) in [5, 5.41) is 0. The van der Waals surface area contributed by atoms with Crippen molar-refractivity contribution in [3.05, 3.63) is 118 Å². The maximum Gasteiger partial charge on any atom is 0.416 e. The van der Waals surface area contributed by atoms with E-state index in [9.17, 15) is 43.2 Å². The lowest BCUT2D eigenvalue weighted by molar-refractivity contribution is -0.138. The normalized spacial score (nSPS) is 16.1. The van der Waals surface area contributed by atoms with Crippen molar-refractivity contribution < 1.29 is 56.8 Å². The summed E-state index contributed by atoms with van der Waals surface area (Å²) in [6, 6.07) is 19.3. The molecule has 0 spiro atoms. The van der Waals surface area contributed by atoms with Crippen LogP contribution < -0.4 is 9.04 Å². The topological polar surface area (TPSA) is 99.2 Å². The third-order valence-corrected chi connectivity index (χ3v) is 11.0. The zero-order valence-electron chi connectivity index (χ0n) is 25.0. The molecule has 0 aliphatic carbocycles. The number of anilines is 1. The van der Waals surface area contributed by atoms with E-state index >= 15 is 0 Å². The Balaban J connectivity index is 1.48. The number of sulfonamides is 1. The third kappa shape index (κ3) is 8.75. The van der Waals surface area contributed by atoms with Crippen LogP contribution in [-0.2, 0) is 48.0 Å². The highest BCUT2D eigenvalue weighted by Crippen LogP contribution is 2.41. The molecule has 17 heteroatoms. The molecule has 0 radical (unpaired) electrons. The van der Waals surface area contributed by atoms with Crippen molar-refractivity contribution in [3.8, 4) is 5.75 Å². The monoisotopic (exact) mass is 793 g/mol. The number of benzene rings is 4. The zero-order valence-corrected chi connectivity index (χ0v) is 28.2. The van der Waals surface area contributed by atoms with E-state index in [2.05, 4.69) is 15.9 Å². The predicted molar refractivity (Wildman–Crippen MR) is 169 cm³/mol. The van der Waals surface area contributed by atoms with Crippen LogP contribution in [0.3, 0.4) is 0 Å². The minimum atomic E-state index is -4.83. The van der Waals surface area contributed by atoms with Gasteiger partial charge in [0.05, 0.1) is 53.0 Å². The summed E-state index contributed by atoms with van der Waals surface area (Å²) in [5.74, 6) is -1.07. The number of hydrogen-bond donors (Lipinski definition) is 0. The average molecular weight is 795 g/mol. The van der Waals surface area contributed by atoms with Gasteiger partial charge in [0.25, 0.3) is 20.1 Å². The summed E-state index contributed by atoms with van der Waals surface area (Å²) in [6.45, 7) is -1.48. The molecule has 49 heavy (non-hydrogen) atoms. The fourth-order valence-electron chi connectivity index (χ4n) is 4.92. The van der Waals surface area contributed by atoms with Gasteiger partial charge < -0.3 is 9.47 Å². The van der Waals surface area contributed by atoms with Gasteiger partial charge in [-0.25, -0.2) is 8.42 Å². The van der Waals surface area contributed by atoms with E-state index in [1.54, 1.807) is 30.3 Å². The first-order valence-corrected chi connectivity index (χ1v) is 17.9. The maximum atomic E-state index is 14.0. The maximum absolute atomic E-state index is 14.0. The lowest BCUT2D eigenvalue weighted by atomic mass is 10.0. The molecule has 0 amide bonds. The lowest BCUT2D eigenvalue weighted by Crippen LogP contribution is -2.49. The molecular weight excluding hydrogens is 768 g/mol. The Morgan fingerprint density at radius 3 is 2.02 bits per heavy atom. The van der Waals surface area contributed by atoms with Crippen molar-refractivity contribution in [2.45, 2.75) is 34.9 Å². The third-order valence-electron chi connectivity index (χ3n) is 7.42. The number of hydrogen-bond acceptors (Lipinski definition) is 7. The van der Waals surface area contributed by atoms with E-state index in [1.165, 1.54) is 18.2 Å². The highest BCUT2D eigenvalue weighted by atomic mass is 79.9. The molecule has 1 aliphatic heterocycles. The van der Waals surface area contributed by atoms with E-state index in [0.717, 1.165) is 40.2 Å². The van der Waals surface area contributed by atoms with Crippen LogP contribution in [-0.4, -0.2) is 42.7 Å². The van der Waals surface area contributed by atoms with Gasteiger partial charge in [0.1, 0.15) is 11.9 Å². The molecule has 1 aliphatic rings. The summed E-state index contributed by atoms with van der Waals surface area (Å²) in [6.07, 6.45) is -10.9. The van der Waals surface area contributed by atoms with Crippen LogP contribution in [0.4, 0.5) is 32.0 Å². The SMILES string of the molecule is O=S(=O)(OC[C@@H](COCc1ccccc1)[C@H]1CN(S(=O)(=O)c2cccc(C(F)(F)F)c2)c2cc(Br)ccc2O1)c1cccc(C(F)(F)F)c1. The van der Waals surface area contributed by atoms with Crippen LogP contribution in [0.15, 0.2) is 111 Å². The van der Waals surface area contributed by atoms with Crippen molar-refractivity contribution in [2.75, 3.05) is 24.1 Å². The minimum Gasteiger partial charge on any atom is -0.486 e. The molecule has 0 aromatic heterocycles. The summed E-state index contributed by atoms with van der Waals surface area (Å²) in [4.78, 5) is -1.42. The smallest absolute Gasteiger partial charge is 0.416 e. The fraction of sp³-hybridized carbons (Fsp3) is 0.250. The van der Waals surface area contributed by atoms with E-state index in [0.29, 0.717) is 22.7 Å². The second-order valence-electron chi connectivity index (χ2n) is 10.9. The Bertz CT molecular complexity index is 2010. The Hall–Kier alpha value is -3.64. The van der Waals surface area contributed by atoms with Crippen molar-refractivity contribution in [3.63, 3.8) is 0 Å². The number of alkyl halides is 6. The molecule has 8 nitrogen and oxygen atoms in total. The Morgan fingerprint density at radius 2 is 1.39 bits per heavy atom. The van der Waals surface area contributed by atoms with Crippen molar-refractivity contribution in [1.29, 1.82) is 0 Å². The Morgan fingerprint density at radius 1 is 0.776 bits per heavy atom. The molecule has 0 saturated heterocycles. The van der Waals surface area contributed by atoms with Crippen LogP contribution in [0.2, 0.25) is 0 Å². The van der Waals surface area contributed by atoms with E-state index in [-0.39, 0.29) is 24.7 Å².